The van der Waals surface area contributed by atoms with Crippen molar-refractivity contribution in [3.8, 4) is 0 Å². The lowest BCUT2D eigenvalue weighted by atomic mass is 10.1. The second-order valence-corrected chi connectivity index (χ2v) is 4.09. The fourth-order valence-electron chi connectivity index (χ4n) is 1.18. The number of nitro benzene ring substituents is 1. The lowest BCUT2D eigenvalue weighted by Gasteiger charge is -2.09. The summed E-state index contributed by atoms with van der Waals surface area (Å²) in [6, 6.07) is 5.62. The smallest absolute Gasteiger partial charge is 0.270 e. The number of nitro groups is 1. The van der Waals surface area contributed by atoms with E-state index in [0.29, 0.717) is 12.4 Å². The molecule has 17 heavy (non-hydrogen) atoms. The molecule has 0 aromatic heterocycles. The van der Waals surface area contributed by atoms with Gasteiger partial charge in [0.05, 0.1) is 4.92 Å². The molecular formula is C11H13ClN2O3. The minimum Gasteiger partial charge on any atom is -0.352 e. The average Bonchev–Trinajstić information content (AvgIpc) is 2.35. The van der Waals surface area contributed by atoms with Crippen molar-refractivity contribution in [1.82, 2.24) is 5.32 Å². The van der Waals surface area contributed by atoms with Gasteiger partial charge in [0.2, 0.25) is 0 Å². The van der Waals surface area contributed by atoms with Gasteiger partial charge in [-0.15, -0.1) is 11.6 Å². The van der Waals surface area contributed by atoms with Gasteiger partial charge in [0.25, 0.3) is 11.6 Å². The molecule has 0 saturated heterocycles. The number of rotatable bonds is 5. The molecule has 0 aliphatic carbocycles. The van der Waals surface area contributed by atoms with Crippen LogP contribution in [-0.2, 0) is 0 Å². The van der Waals surface area contributed by atoms with Gasteiger partial charge in [0, 0.05) is 30.1 Å². The van der Waals surface area contributed by atoms with Crippen LogP contribution in [0.3, 0.4) is 0 Å². The summed E-state index contributed by atoms with van der Waals surface area (Å²) in [5.41, 5.74) is 0.184. The van der Waals surface area contributed by atoms with Crippen molar-refractivity contribution in [2.75, 3.05) is 12.4 Å². The Morgan fingerprint density at radius 3 is 2.88 bits per heavy atom. The summed E-state index contributed by atoms with van der Waals surface area (Å²) < 4.78 is 0. The van der Waals surface area contributed by atoms with Crippen molar-refractivity contribution in [2.24, 2.45) is 5.92 Å². The van der Waals surface area contributed by atoms with E-state index < -0.39 is 4.92 Å². The molecule has 0 aliphatic rings. The zero-order chi connectivity index (χ0) is 12.8. The third kappa shape index (κ3) is 4.03. The molecular weight excluding hydrogens is 244 g/mol. The van der Waals surface area contributed by atoms with E-state index in [1.54, 1.807) is 0 Å². The summed E-state index contributed by atoms with van der Waals surface area (Å²) in [5.74, 6) is 0.292. The molecule has 0 bridgehead atoms. The van der Waals surface area contributed by atoms with Crippen LogP contribution in [0.15, 0.2) is 24.3 Å². The second-order valence-electron chi connectivity index (χ2n) is 3.78. The SMILES string of the molecule is CC(CCl)CNC(=O)c1cccc([N+](=O)[O-])c1. The monoisotopic (exact) mass is 256 g/mol. The van der Waals surface area contributed by atoms with E-state index in [4.69, 9.17) is 11.6 Å². The van der Waals surface area contributed by atoms with Crippen molar-refractivity contribution in [1.29, 1.82) is 0 Å². The lowest BCUT2D eigenvalue weighted by molar-refractivity contribution is -0.384. The fourth-order valence-corrected chi connectivity index (χ4v) is 1.29. The molecule has 0 spiro atoms. The van der Waals surface area contributed by atoms with Crippen LogP contribution in [0.2, 0.25) is 0 Å². The summed E-state index contributed by atoms with van der Waals surface area (Å²) >= 11 is 5.61. The molecule has 1 aromatic carbocycles. The van der Waals surface area contributed by atoms with Crippen LogP contribution in [0.4, 0.5) is 5.69 Å². The normalized spacial score (nSPS) is 11.9. The molecule has 92 valence electrons. The first-order chi connectivity index (χ1) is 8.04. The number of alkyl halides is 1. The van der Waals surface area contributed by atoms with Crippen LogP contribution in [0.25, 0.3) is 0 Å². The summed E-state index contributed by atoms with van der Waals surface area (Å²) in [6.07, 6.45) is 0. The average molecular weight is 257 g/mol. The Hall–Kier alpha value is -1.62. The number of carbonyl (C=O) groups is 1. The molecule has 1 N–H and O–H groups in total. The number of non-ortho nitro benzene ring substituents is 1. The van der Waals surface area contributed by atoms with E-state index in [1.165, 1.54) is 24.3 Å². The Balaban J connectivity index is 2.69. The number of nitrogens with one attached hydrogen (secondary N) is 1. The van der Waals surface area contributed by atoms with Crippen LogP contribution in [0.1, 0.15) is 17.3 Å². The standard InChI is InChI=1S/C11H13ClN2O3/c1-8(6-12)7-13-11(15)9-3-2-4-10(5-9)14(16)17/h2-5,8H,6-7H2,1H3,(H,13,15). The summed E-state index contributed by atoms with van der Waals surface area (Å²) in [7, 11) is 0. The van der Waals surface area contributed by atoms with Gasteiger partial charge in [-0.05, 0) is 12.0 Å². The van der Waals surface area contributed by atoms with Gasteiger partial charge >= 0.3 is 0 Å². The lowest BCUT2D eigenvalue weighted by Crippen LogP contribution is -2.28. The van der Waals surface area contributed by atoms with Crippen molar-refractivity contribution < 1.29 is 9.72 Å². The third-order valence-electron chi connectivity index (χ3n) is 2.19. The Labute approximate surface area is 104 Å². The third-order valence-corrected chi connectivity index (χ3v) is 2.72. The van der Waals surface area contributed by atoms with E-state index in [-0.39, 0.29) is 23.1 Å². The van der Waals surface area contributed by atoms with Crippen molar-refractivity contribution in [2.45, 2.75) is 6.92 Å². The minimum absolute atomic E-state index is 0.0944. The fraction of sp³-hybridized carbons (Fsp3) is 0.364. The first-order valence-corrected chi connectivity index (χ1v) is 5.66. The highest BCUT2D eigenvalue weighted by atomic mass is 35.5. The molecule has 1 rings (SSSR count). The molecule has 0 radical (unpaired) electrons. The predicted octanol–water partition coefficient (Wildman–Crippen LogP) is 2.20. The maximum Gasteiger partial charge on any atom is 0.270 e. The Morgan fingerprint density at radius 2 is 2.29 bits per heavy atom. The van der Waals surface area contributed by atoms with Gasteiger partial charge in [0.1, 0.15) is 0 Å². The molecule has 1 amide bonds. The zero-order valence-electron chi connectivity index (χ0n) is 9.35. The summed E-state index contributed by atoms with van der Waals surface area (Å²) in [5, 5.41) is 13.2. The summed E-state index contributed by atoms with van der Waals surface area (Å²) in [6.45, 7) is 2.35. The van der Waals surface area contributed by atoms with Gasteiger partial charge in [-0.2, -0.15) is 0 Å². The van der Waals surface area contributed by atoms with E-state index in [2.05, 4.69) is 5.32 Å². The number of hydrogen-bond donors (Lipinski definition) is 1. The Kier molecular flexibility index (Phi) is 4.90. The molecule has 1 atom stereocenters. The highest BCUT2D eigenvalue weighted by Crippen LogP contribution is 2.12. The summed E-state index contributed by atoms with van der Waals surface area (Å²) in [4.78, 5) is 21.7. The number of nitrogens with zero attached hydrogens (tertiary/aromatic N) is 1. The van der Waals surface area contributed by atoms with Crippen LogP contribution < -0.4 is 5.32 Å². The van der Waals surface area contributed by atoms with E-state index in [9.17, 15) is 14.9 Å². The molecule has 1 aromatic rings. The van der Waals surface area contributed by atoms with Gasteiger partial charge in [0.15, 0.2) is 0 Å². The second kappa shape index (κ2) is 6.20. The molecule has 0 heterocycles. The van der Waals surface area contributed by atoms with E-state index >= 15 is 0 Å². The number of hydrogen-bond acceptors (Lipinski definition) is 3. The van der Waals surface area contributed by atoms with E-state index in [1.807, 2.05) is 6.92 Å². The zero-order valence-corrected chi connectivity index (χ0v) is 10.1. The maximum absolute atomic E-state index is 11.7. The first-order valence-electron chi connectivity index (χ1n) is 5.13. The largest absolute Gasteiger partial charge is 0.352 e. The van der Waals surface area contributed by atoms with Crippen LogP contribution in [0, 0.1) is 16.0 Å². The minimum atomic E-state index is -0.530. The van der Waals surface area contributed by atoms with Crippen molar-refractivity contribution >= 4 is 23.2 Å². The topological polar surface area (TPSA) is 72.2 Å². The van der Waals surface area contributed by atoms with Gasteiger partial charge < -0.3 is 5.32 Å². The number of halogens is 1. The van der Waals surface area contributed by atoms with Crippen LogP contribution >= 0.6 is 11.6 Å². The molecule has 0 aliphatic heterocycles. The molecule has 0 fully saturated rings. The highest BCUT2D eigenvalue weighted by molar-refractivity contribution is 6.18. The first kappa shape index (κ1) is 13.4. The predicted molar refractivity (Wildman–Crippen MR) is 65.3 cm³/mol. The number of carbonyl (C=O) groups excluding carboxylic acids is 1. The Morgan fingerprint density at radius 1 is 1.59 bits per heavy atom. The van der Waals surface area contributed by atoms with Gasteiger partial charge in [-0.3, -0.25) is 14.9 Å². The highest BCUT2D eigenvalue weighted by Gasteiger charge is 2.11. The van der Waals surface area contributed by atoms with Gasteiger partial charge in [-0.25, -0.2) is 0 Å². The quantitative estimate of drug-likeness (QED) is 0.499. The van der Waals surface area contributed by atoms with Crippen molar-refractivity contribution in [3.63, 3.8) is 0 Å². The molecule has 6 heteroatoms. The Bertz CT molecular complexity index is 423. The van der Waals surface area contributed by atoms with Crippen molar-refractivity contribution in [3.05, 3.63) is 39.9 Å². The number of amides is 1. The molecule has 1 unspecified atom stereocenters. The van der Waals surface area contributed by atoms with E-state index in [0.717, 1.165) is 0 Å². The number of benzene rings is 1. The van der Waals surface area contributed by atoms with Gasteiger partial charge in [-0.1, -0.05) is 13.0 Å². The van der Waals surface area contributed by atoms with Crippen LogP contribution in [0.5, 0.6) is 0 Å². The maximum atomic E-state index is 11.7. The molecule has 5 nitrogen and oxygen atoms in total. The molecule has 0 saturated carbocycles. The van der Waals surface area contributed by atoms with Crippen LogP contribution in [-0.4, -0.2) is 23.3 Å².